The highest BCUT2D eigenvalue weighted by molar-refractivity contribution is 9.10. The number of rotatable bonds is 2. The van der Waals surface area contributed by atoms with Gasteiger partial charge in [0, 0.05) is 20.5 Å². The summed E-state index contributed by atoms with van der Waals surface area (Å²) in [6, 6.07) is 23.9. The van der Waals surface area contributed by atoms with E-state index in [0.29, 0.717) is 0 Å². The SMILES string of the molecule is Brc1cc(Cc2cc3ccccc3s2)cc2ccccc12. The Morgan fingerprint density at radius 2 is 1.57 bits per heavy atom. The second-order valence-corrected chi connectivity index (χ2v) is 7.25. The third kappa shape index (κ3) is 2.50. The third-order valence-electron chi connectivity index (χ3n) is 3.73. The Kier molecular flexibility index (Phi) is 3.28. The summed E-state index contributed by atoms with van der Waals surface area (Å²) in [5.41, 5.74) is 1.35. The molecule has 4 aromatic rings. The van der Waals surface area contributed by atoms with Gasteiger partial charge in [0.1, 0.15) is 0 Å². The van der Waals surface area contributed by atoms with Gasteiger partial charge in [0.15, 0.2) is 0 Å². The van der Waals surface area contributed by atoms with Crippen LogP contribution < -0.4 is 0 Å². The van der Waals surface area contributed by atoms with Crippen LogP contribution in [0.2, 0.25) is 0 Å². The molecule has 0 radical (unpaired) electrons. The average Bonchev–Trinajstić information content (AvgIpc) is 2.89. The summed E-state index contributed by atoms with van der Waals surface area (Å²) in [6.07, 6.45) is 0.989. The van der Waals surface area contributed by atoms with E-state index in [-0.39, 0.29) is 0 Å². The predicted molar refractivity (Wildman–Crippen MR) is 96.3 cm³/mol. The molecular weight excluding hydrogens is 340 g/mol. The van der Waals surface area contributed by atoms with E-state index in [1.165, 1.54) is 35.8 Å². The van der Waals surface area contributed by atoms with Gasteiger partial charge in [-0.3, -0.25) is 0 Å². The van der Waals surface area contributed by atoms with Gasteiger partial charge in [-0.05, 0) is 39.9 Å². The fraction of sp³-hybridized carbons (Fsp3) is 0.0526. The van der Waals surface area contributed by atoms with E-state index in [4.69, 9.17) is 0 Å². The molecule has 1 aromatic heterocycles. The fourth-order valence-corrected chi connectivity index (χ4v) is 4.50. The summed E-state index contributed by atoms with van der Waals surface area (Å²) >= 11 is 5.59. The lowest BCUT2D eigenvalue weighted by Crippen LogP contribution is -1.86. The molecule has 0 atom stereocenters. The Labute approximate surface area is 136 Å². The molecule has 0 bridgehead atoms. The van der Waals surface area contributed by atoms with Crippen LogP contribution in [-0.2, 0) is 6.42 Å². The minimum atomic E-state index is 0.989. The molecule has 4 rings (SSSR count). The van der Waals surface area contributed by atoms with E-state index >= 15 is 0 Å². The summed E-state index contributed by atoms with van der Waals surface area (Å²) < 4.78 is 2.55. The van der Waals surface area contributed by atoms with Crippen molar-refractivity contribution in [2.24, 2.45) is 0 Å². The zero-order chi connectivity index (χ0) is 14.2. The molecule has 0 N–H and O–H groups in total. The zero-order valence-electron chi connectivity index (χ0n) is 11.3. The van der Waals surface area contributed by atoms with Gasteiger partial charge in [-0.1, -0.05) is 64.5 Å². The van der Waals surface area contributed by atoms with Crippen LogP contribution in [0.15, 0.2) is 71.2 Å². The summed E-state index contributed by atoms with van der Waals surface area (Å²) in [5, 5.41) is 3.91. The first-order chi connectivity index (χ1) is 10.3. The van der Waals surface area contributed by atoms with Crippen molar-refractivity contribution in [3.63, 3.8) is 0 Å². The van der Waals surface area contributed by atoms with Gasteiger partial charge in [0.25, 0.3) is 0 Å². The van der Waals surface area contributed by atoms with Gasteiger partial charge in [-0.2, -0.15) is 0 Å². The van der Waals surface area contributed by atoms with Crippen LogP contribution in [0.4, 0.5) is 0 Å². The van der Waals surface area contributed by atoms with Crippen molar-refractivity contribution in [2.75, 3.05) is 0 Å². The standard InChI is InChI=1S/C19H13BrS/c20-18-11-13(9-14-5-1-3-7-17(14)18)10-16-12-15-6-2-4-8-19(15)21-16/h1-9,11-12H,10H2. The number of halogens is 1. The van der Waals surface area contributed by atoms with Gasteiger partial charge >= 0.3 is 0 Å². The number of fused-ring (bicyclic) bond motifs is 2. The summed E-state index contributed by atoms with van der Waals surface area (Å²) in [5.74, 6) is 0. The molecule has 0 amide bonds. The second-order valence-electron chi connectivity index (χ2n) is 5.23. The Bertz CT molecular complexity index is 904. The van der Waals surface area contributed by atoms with Crippen molar-refractivity contribution in [2.45, 2.75) is 6.42 Å². The topological polar surface area (TPSA) is 0 Å². The predicted octanol–water partition coefficient (Wildman–Crippen LogP) is 6.41. The highest BCUT2D eigenvalue weighted by atomic mass is 79.9. The van der Waals surface area contributed by atoms with E-state index in [0.717, 1.165) is 6.42 Å². The normalized spacial score (nSPS) is 11.3. The minimum absolute atomic E-state index is 0.989. The lowest BCUT2D eigenvalue weighted by Gasteiger charge is -2.05. The van der Waals surface area contributed by atoms with Crippen molar-refractivity contribution in [1.29, 1.82) is 0 Å². The van der Waals surface area contributed by atoms with E-state index in [9.17, 15) is 0 Å². The number of benzene rings is 3. The lowest BCUT2D eigenvalue weighted by atomic mass is 10.0. The maximum absolute atomic E-state index is 3.70. The van der Waals surface area contributed by atoms with Crippen molar-refractivity contribution in [3.8, 4) is 0 Å². The first kappa shape index (κ1) is 13.1. The van der Waals surface area contributed by atoms with E-state index in [1.807, 2.05) is 11.3 Å². The minimum Gasteiger partial charge on any atom is -0.140 e. The van der Waals surface area contributed by atoms with E-state index < -0.39 is 0 Å². The fourth-order valence-electron chi connectivity index (χ4n) is 2.75. The molecule has 0 saturated heterocycles. The molecule has 1 heterocycles. The smallest absolute Gasteiger partial charge is 0.0345 e. The number of thiophene rings is 1. The van der Waals surface area contributed by atoms with Gasteiger partial charge in [0.05, 0.1) is 0 Å². The molecule has 102 valence electrons. The van der Waals surface area contributed by atoms with E-state index in [1.54, 1.807) is 0 Å². The molecule has 0 aliphatic rings. The highest BCUT2D eigenvalue weighted by Gasteiger charge is 2.05. The Morgan fingerprint density at radius 1 is 0.810 bits per heavy atom. The summed E-state index contributed by atoms with van der Waals surface area (Å²) in [7, 11) is 0. The zero-order valence-corrected chi connectivity index (χ0v) is 13.7. The van der Waals surface area contributed by atoms with Gasteiger partial charge in [-0.25, -0.2) is 0 Å². The molecule has 0 fully saturated rings. The molecule has 0 aliphatic heterocycles. The average molecular weight is 353 g/mol. The van der Waals surface area contributed by atoms with Crippen LogP contribution in [0.25, 0.3) is 20.9 Å². The van der Waals surface area contributed by atoms with Crippen molar-refractivity contribution >= 4 is 48.1 Å². The number of hydrogen-bond acceptors (Lipinski definition) is 1. The maximum atomic E-state index is 3.70. The molecule has 0 aliphatic carbocycles. The van der Waals surface area contributed by atoms with Crippen LogP contribution >= 0.6 is 27.3 Å². The van der Waals surface area contributed by atoms with Gasteiger partial charge in [0.2, 0.25) is 0 Å². The van der Waals surface area contributed by atoms with E-state index in [2.05, 4.69) is 82.7 Å². The maximum Gasteiger partial charge on any atom is 0.0345 e. The largest absolute Gasteiger partial charge is 0.140 e. The van der Waals surface area contributed by atoms with Crippen molar-refractivity contribution < 1.29 is 0 Å². The van der Waals surface area contributed by atoms with Gasteiger partial charge in [-0.15, -0.1) is 11.3 Å². The molecule has 3 aromatic carbocycles. The monoisotopic (exact) mass is 352 g/mol. The second kappa shape index (κ2) is 5.28. The van der Waals surface area contributed by atoms with Crippen molar-refractivity contribution in [3.05, 3.63) is 81.6 Å². The molecule has 0 nitrogen and oxygen atoms in total. The summed E-state index contributed by atoms with van der Waals surface area (Å²) in [6.45, 7) is 0. The van der Waals surface area contributed by atoms with Crippen LogP contribution in [-0.4, -0.2) is 0 Å². The highest BCUT2D eigenvalue weighted by Crippen LogP contribution is 2.30. The summed E-state index contributed by atoms with van der Waals surface area (Å²) in [4.78, 5) is 1.42. The first-order valence-electron chi connectivity index (χ1n) is 6.94. The third-order valence-corrected chi connectivity index (χ3v) is 5.50. The first-order valence-corrected chi connectivity index (χ1v) is 8.55. The Hall–Kier alpha value is -1.64. The molecule has 0 spiro atoms. The Morgan fingerprint density at radius 3 is 2.43 bits per heavy atom. The van der Waals surface area contributed by atoms with Crippen molar-refractivity contribution in [1.82, 2.24) is 0 Å². The van der Waals surface area contributed by atoms with Crippen LogP contribution in [0.3, 0.4) is 0 Å². The lowest BCUT2D eigenvalue weighted by molar-refractivity contribution is 1.25. The van der Waals surface area contributed by atoms with Crippen LogP contribution in [0, 0.1) is 0 Å². The van der Waals surface area contributed by atoms with Gasteiger partial charge < -0.3 is 0 Å². The molecule has 0 saturated carbocycles. The molecule has 2 heteroatoms. The molecular formula is C19H13BrS. The Balaban J connectivity index is 1.76. The number of hydrogen-bond donors (Lipinski definition) is 0. The molecule has 0 unspecified atom stereocenters. The van der Waals surface area contributed by atoms with Crippen LogP contribution in [0.5, 0.6) is 0 Å². The van der Waals surface area contributed by atoms with Crippen LogP contribution in [0.1, 0.15) is 10.4 Å². The quantitative estimate of drug-likeness (QED) is 0.391. The molecule has 21 heavy (non-hydrogen) atoms.